The molecule has 0 aliphatic heterocycles. The summed E-state index contributed by atoms with van der Waals surface area (Å²) in [6, 6.07) is 14.7. The van der Waals surface area contributed by atoms with Gasteiger partial charge in [0, 0.05) is 16.2 Å². The van der Waals surface area contributed by atoms with Gasteiger partial charge in [-0.25, -0.2) is 4.79 Å². The van der Waals surface area contributed by atoms with Crippen molar-refractivity contribution in [2.24, 2.45) is 0 Å². The molecule has 6 heteroatoms. The van der Waals surface area contributed by atoms with E-state index in [4.69, 9.17) is 10.00 Å². The van der Waals surface area contributed by atoms with E-state index in [1.165, 1.54) is 6.08 Å². The summed E-state index contributed by atoms with van der Waals surface area (Å²) in [4.78, 5) is 23.6. The van der Waals surface area contributed by atoms with Crippen LogP contribution in [0.4, 0.5) is 5.69 Å². The van der Waals surface area contributed by atoms with Gasteiger partial charge < -0.3 is 10.1 Å². The number of carbonyl (C=O) groups excluding carboxylic acids is 2. The van der Waals surface area contributed by atoms with Crippen molar-refractivity contribution in [1.82, 2.24) is 0 Å². The van der Waals surface area contributed by atoms with Gasteiger partial charge in [0.25, 0.3) is 5.91 Å². The standard InChI is InChI=1S/C20H17BrN2O3/c1-14-2-5-16(18(21)12-14)6-9-20(25)26-13-19(24)23-17-7-3-15(4-8-17)10-11-22/h2-9,12H,10,13H2,1H3,(H,23,24)/b9-6+. The molecule has 0 fully saturated rings. The predicted molar refractivity (Wildman–Crippen MR) is 103 cm³/mol. The molecule has 0 aromatic heterocycles. The number of nitrogens with one attached hydrogen (secondary N) is 1. The van der Waals surface area contributed by atoms with Crippen molar-refractivity contribution in [2.45, 2.75) is 13.3 Å². The molecule has 0 saturated heterocycles. The highest BCUT2D eigenvalue weighted by molar-refractivity contribution is 9.10. The number of hydrogen-bond acceptors (Lipinski definition) is 4. The Morgan fingerprint density at radius 1 is 1.23 bits per heavy atom. The third-order valence-corrected chi connectivity index (χ3v) is 4.11. The predicted octanol–water partition coefficient (Wildman–Crippen LogP) is 4.02. The van der Waals surface area contributed by atoms with Gasteiger partial charge in [-0.1, -0.05) is 40.2 Å². The van der Waals surface area contributed by atoms with Gasteiger partial charge in [-0.3, -0.25) is 4.79 Å². The van der Waals surface area contributed by atoms with Gasteiger partial charge in [0.1, 0.15) is 0 Å². The Hall–Kier alpha value is -2.91. The van der Waals surface area contributed by atoms with Crippen LogP contribution in [0.5, 0.6) is 0 Å². The zero-order chi connectivity index (χ0) is 18.9. The molecule has 2 aromatic rings. The fraction of sp³-hybridized carbons (Fsp3) is 0.150. The van der Waals surface area contributed by atoms with Gasteiger partial charge in [0.2, 0.25) is 0 Å². The number of halogens is 1. The van der Waals surface area contributed by atoms with E-state index in [0.29, 0.717) is 12.1 Å². The second-order valence-corrected chi connectivity index (χ2v) is 6.40. The number of ether oxygens (including phenoxy) is 1. The number of anilines is 1. The summed E-state index contributed by atoms with van der Waals surface area (Å²) in [6.07, 6.45) is 3.21. The first kappa shape index (κ1) is 19.4. The van der Waals surface area contributed by atoms with E-state index in [1.807, 2.05) is 25.1 Å². The second-order valence-electron chi connectivity index (χ2n) is 5.55. The molecule has 0 saturated carbocycles. The minimum absolute atomic E-state index is 0.315. The summed E-state index contributed by atoms with van der Waals surface area (Å²) in [5, 5.41) is 11.2. The first-order valence-corrected chi connectivity index (χ1v) is 8.64. The molecule has 2 rings (SSSR count). The van der Waals surface area contributed by atoms with Crippen molar-refractivity contribution in [1.29, 1.82) is 5.26 Å². The van der Waals surface area contributed by atoms with Crippen LogP contribution in [0.15, 0.2) is 53.0 Å². The number of amides is 1. The Kier molecular flexibility index (Phi) is 7.12. The van der Waals surface area contributed by atoms with E-state index < -0.39 is 11.9 Å². The van der Waals surface area contributed by atoms with Crippen LogP contribution in [0, 0.1) is 18.3 Å². The van der Waals surface area contributed by atoms with Crippen LogP contribution < -0.4 is 5.32 Å². The Morgan fingerprint density at radius 3 is 2.62 bits per heavy atom. The van der Waals surface area contributed by atoms with Crippen molar-refractivity contribution in [3.8, 4) is 6.07 Å². The third kappa shape index (κ3) is 6.19. The minimum atomic E-state index is -0.600. The summed E-state index contributed by atoms with van der Waals surface area (Å²) >= 11 is 3.43. The average Bonchev–Trinajstić information content (AvgIpc) is 2.61. The number of benzene rings is 2. The van der Waals surface area contributed by atoms with Crippen molar-refractivity contribution >= 4 is 39.6 Å². The summed E-state index contributed by atoms with van der Waals surface area (Å²) in [7, 11) is 0. The molecular formula is C20H17BrN2O3. The number of carbonyl (C=O) groups is 2. The average molecular weight is 413 g/mol. The highest BCUT2D eigenvalue weighted by atomic mass is 79.9. The minimum Gasteiger partial charge on any atom is -0.452 e. The van der Waals surface area contributed by atoms with E-state index in [2.05, 4.69) is 27.3 Å². The Balaban J connectivity index is 1.82. The summed E-state index contributed by atoms with van der Waals surface area (Å²) < 4.78 is 5.80. The van der Waals surface area contributed by atoms with Crippen LogP contribution in [-0.4, -0.2) is 18.5 Å². The van der Waals surface area contributed by atoms with Gasteiger partial charge in [-0.05, 0) is 47.9 Å². The number of rotatable bonds is 6. The first-order valence-electron chi connectivity index (χ1n) is 7.84. The van der Waals surface area contributed by atoms with Gasteiger partial charge in [-0.2, -0.15) is 5.26 Å². The van der Waals surface area contributed by atoms with Crippen molar-refractivity contribution in [2.75, 3.05) is 11.9 Å². The molecule has 5 nitrogen and oxygen atoms in total. The molecular weight excluding hydrogens is 396 g/mol. The van der Waals surface area contributed by atoms with E-state index in [-0.39, 0.29) is 6.61 Å². The zero-order valence-corrected chi connectivity index (χ0v) is 15.7. The molecule has 26 heavy (non-hydrogen) atoms. The number of aryl methyl sites for hydroxylation is 1. The van der Waals surface area contributed by atoms with E-state index in [1.54, 1.807) is 30.3 Å². The third-order valence-electron chi connectivity index (χ3n) is 3.42. The fourth-order valence-corrected chi connectivity index (χ4v) is 2.73. The smallest absolute Gasteiger partial charge is 0.331 e. The Bertz CT molecular complexity index is 868. The molecule has 1 amide bonds. The quantitative estimate of drug-likeness (QED) is 0.573. The molecule has 0 aliphatic carbocycles. The van der Waals surface area contributed by atoms with Gasteiger partial charge in [0.15, 0.2) is 6.61 Å². The summed E-state index contributed by atoms with van der Waals surface area (Å²) in [5.41, 5.74) is 3.39. The van der Waals surface area contributed by atoms with Crippen LogP contribution in [-0.2, 0) is 20.7 Å². The molecule has 0 heterocycles. The number of hydrogen-bond donors (Lipinski definition) is 1. The Morgan fingerprint density at radius 2 is 1.96 bits per heavy atom. The fourth-order valence-electron chi connectivity index (χ4n) is 2.10. The lowest BCUT2D eigenvalue weighted by atomic mass is 10.1. The molecule has 0 bridgehead atoms. The number of esters is 1. The topological polar surface area (TPSA) is 79.2 Å². The zero-order valence-electron chi connectivity index (χ0n) is 14.2. The number of nitrogens with zero attached hydrogens (tertiary/aromatic N) is 1. The first-order chi connectivity index (χ1) is 12.5. The van der Waals surface area contributed by atoms with Gasteiger partial charge >= 0.3 is 5.97 Å². The molecule has 0 radical (unpaired) electrons. The van der Waals surface area contributed by atoms with E-state index >= 15 is 0 Å². The number of nitriles is 1. The van der Waals surface area contributed by atoms with Crippen molar-refractivity contribution < 1.29 is 14.3 Å². The summed E-state index contributed by atoms with van der Waals surface area (Å²) in [5.74, 6) is -1.03. The normalized spacial score (nSPS) is 10.3. The maximum atomic E-state index is 11.8. The lowest BCUT2D eigenvalue weighted by molar-refractivity contribution is -0.142. The van der Waals surface area contributed by atoms with E-state index in [9.17, 15) is 9.59 Å². The SMILES string of the molecule is Cc1ccc(/C=C/C(=O)OCC(=O)Nc2ccc(CC#N)cc2)c(Br)c1. The lowest BCUT2D eigenvalue weighted by Crippen LogP contribution is -2.20. The van der Waals surface area contributed by atoms with Crippen LogP contribution in [0.25, 0.3) is 6.08 Å². The molecule has 132 valence electrons. The van der Waals surface area contributed by atoms with E-state index in [0.717, 1.165) is 21.2 Å². The molecule has 2 aromatic carbocycles. The van der Waals surface area contributed by atoms with Crippen LogP contribution in [0.3, 0.4) is 0 Å². The Labute approximate surface area is 160 Å². The van der Waals surface area contributed by atoms with Crippen LogP contribution in [0.2, 0.25) is 0 Å². The van der Waals surface area contributed by atoms with Gasteiger partial charge in [0.05, 0.1) is 12.5 Å². The highest BCUT2D eigenvalue weighted by Gasteiger charge is 2.06. The highest BCUT2D eigenvalue weighted by Crippen LogP contribution is 2.19. The molecule has 0 spiro atoms. The molecule has 1 N–H and O–H groups in total. The maximum absolute atomic E-state index is 11.8. The molecule has 0 unspecified atom stereocenters. The van der Waals surface area contributed by atoms with Crippen LogP contribution in [0.1, 0.15) is 16.7 Å². The molecule has 0 atom stereocenters. The maximum Gasteiger partial charge on any atom is 0.331 e. The van der Waals surface area contributed by atoms with Crippen molar-refractivity contribution in [3.63, 3.8) is 0 Å². The van der Waals surface area contributed by atoms with Gasteiger partial charge in [-0.15, -0.1) is 0 Å². The monoisotopic (exact) mass is 412 g/mol. The van der Waals surface area contributed by atoms with Crippen molar-refractivity contribution in [3.05, 3.63) is 69.7 Å². The largest absolute Gasteiger partial charge is 0.452 e. The lowest BCUT2D eigenvalue weighted by Gasteiger charge is -2.06. The van der Waals surface area contributed by atoms with Crippen LogP contribution >= 0.6 is 15.9 Å². The molecule has 0 aliphatic rings. The summed E-state index contributed by atoms with van der Waals surface area (Å²) in [6.45, 7) is 1.60. The second kappa shape index (κ2) is 9.54.